The lowest BCUT2D eigenvalue weighted by molar-refractivity contribution is 1.19. The number of thiophene rings is 1. The van der Waals surface area contributed by atoms with Gasteiger partial charge in [0.05, 0.1) is 20.6 Å². The Balaban J connectivity index is 2.11. The van der Waals surface area contributed by atoms with E-state index in [1.165, 1.54) is 4.88 Å². The van der Waals surface area contributed by atoms with Gasteiger partial charge in [0.2, 0.25) is 5.95 Å². The van der Waals surface area contributed by atoms with E-state index >= 15 is 0 Å². The molecule has 0 aliphatic heterocycles. The number of rotatable bonds is 3. The molecule has 0 saturated heterocycles. The molecule has 0 spiro atoms. The molecular formula is C14H12BrClN4S. The lowest BCUT2D eigenvalue weighted by atomic mass is 10.3. The Labute approximate surface area is 139 Å². The quantitative estimate of drug-likeness (QED) is 0.668. The van der Waals surface area contributed by atoms with Crippen molar-refractivity contribution in [1.82, 2.24) is 9.97 Å². The van der Waals surface area contributed by atoms with Gasteiger partial charge in [0.15, 0.2) is 0 Å². The van der Waals surface area contributed by atoms with Crippen LogP contribution in [0.15, 0.2) is 28.7 Å². The first-order valence-electron chi connectivity index (χ1n) is 6.35. The highest BCUT2D eigenvalue weighted by Crippen LogP contribution is 2.35. The third-order valence-electron chi connectivity index (χ3n) is 3.01. The van der Waals surface area contributed by atoms with Gasteiger partial charge in [-0.1, -0.05) is 24.6 Å². The summed E-state index contributed by atoms with van der Waals surface area (Å²) < 4.78 is 0.794. The Hall–Kier alpha value is -1.37. The number of aryl methyl sites for hydroxylation is 1. The number of nitrogens with one attached hydrogen (secondary N) is 1. The standard InChI is InChI=1S/C14H12BrClN4S/c1-2-7-6-8-12(19-14(17)20-13(8)21-7)18-10-5-3-4-9(16)11(10)15/h3-6H,2H2,1H3,(H3,17,18,19,20). The van der Waals surface area contributed by atoms with Gasteiger partial charge in [-0.25, -0.2) is 4.98 Å². The van der Waals surface area contributed by atoms with Crippen molar-refractivity contribution < 1.29 is 0 Å². The van der Waals surface area contributed by atoms with Crippen LogP contribution in [-0.4, -0.2) is 9.97 Å². The summed E-state index contributed by atoms with van der Waals surface area (Å²) in [6.45, 7) is 2.11. The Bertz CT molecular complexity index is 818. The van der Waals surface area contributed by atoms with Crippen LogP contribution in [0.3, 0.4) is 0 Å². The van der Waals surface area contributed by atoms with Crippen LogP contribution in [0, 0.1) is 0 Å². The number of halogens is 2. The number of hydrogen-bond acceptors (Lipinski definition) is 5. The molecule has 0 aliphatic rings. The average Bonchev–Trinajstić information content (AvgIpc) is 2.87. The number of fused-ring (bicyclic) bond motifs is 1. The summed E-state index contributed by atoms with van der Waals surface area (Å²) in [4.78, 5) is 10.7. The zero-order valence-corrected chi connectivity index (χ0v) is 14.3. The Morgan fingerprint density at radius 3 is 2.95 bits per heavy atom. The van der Waals surface area contributed by atoms with Crippen molar-refractivity contribution in [3.8, 4) is 0 Å². The minimum Gasteiger partial charge on any atom is -0.368 e. The third kappa shape index (κ3) is 2.84. The van der Waals surface area contributed by atoms with Gasteiger partial charge in [-0.2, -0.15) is 4.98 Å². The highest BCUT2D eigenvalue weighted by atomic mass is 79.9. The summed E-state index contributed by atoms with van der Waals surface area (Å²) in [5, 5.41) is 4.89. The highest BCUT2D eigenvalue weighted by Gasteiger charge is 2.12. The van der Waals surface area contributed by atoms with Crippen LogP contribution in [0.5, 0.6) is 0 Å². The molecular weight excluding hydrogens is 372 g/mol. The maximum Gasteiger partial charge on any atom is 0.223 e. The maximum atomic E-state index is 6.11. The van der Waals surface area contributed by atoms with Crippen molar-refractivity contribution in [2.24, 2.45) is 0 Å². The molecule has 0 amide bonds. The normalized spacial score (nSPS) is 11.0. The molecule has 7 heteroatoms. The predicted octanol–water partition coefficient (Wildman–Crippen LogP) is 5.00. The van der Waals surface area contributed by atoms with Gasteiger partial charge in [-0.05, 0) is 40.5 Å². The van der Waals surface area contributed by atoms with Gasteiger partial charge >= 0.3 is 0 Å². The summed E-state index contributed by atoms with van der Waals surface area (Å²) in [5.41, 5.74) is 6.64. The van der Waals surface area contributed by atoms with Crippen molar-refractivity contribution in [2.75, 3.05) is 11.1 Å². The van der Waals surface area contributed by atoms with Crippen molar-refractivity contribution in [1.29, 1.82) is 0 Å². The largest absolute Gasteiger partial charge is 0.368 e. The van der Waals surface area contributed by atoms with Gasteiger partial charge < -0.3 is 11.1 Å². The lowest BCUT2D eigenvalue weighted by Gasteiger charge is -2.10. The smallest absolute Gasteiger partial charge is 0.223 e. The summed E-state index contributed by atoms with van der Waals surface area (Å²) in [7, 11) is 0. The van der Waals surface area contributed by atoms with E-state index in [4.69, 9.17) is 17.3 Å². The number of benzene rings is 1. The first kappa shape index (κ1) is 14.6. The van der Waals surface area contributed by atoms with Crippen LogP contribution in [0.2, 0.25) is 5.02 Å². The van der Waals surface area contributed by atoms with E-state index < -0.39 is 0 Å². The van der Waals surface area contributed by atoms with Gasteiger partial charge in [0.25, 0.3) is 0 Å². The van der Waals surface area contributed by atoms with Crippen LogP contribution < -0.4 is 11.1 Å². The molecule has 0 unspecified atom stereocenters. The number of aromatic nitrogens is 2. The summed E-state index contributed by atoms with van der Waals surface area (Å²) >= 11 is 11.2. The van der Waals surface area contributed by atoms with Crippen LogP contribution in [0.1, 0.15) is 11.8 Å². The minimum atomic E-state index is 0.257. The van der Waals surface area contributed by atoms with E-state index in [0.717, 1.165) is 26.8 Å². The lowest BCUT2D eigenvalue weighted by Crippen LogP contribution is -2.00. The van der Waals surface area contributed by atoms with Gasteiger partial charge in [0, 0.05) is 4.88 Å². The predicted molar refractivity (Wildman–Crippen MR) is 93.6 cm³/mol. The highest BCUT2D eigenvalue weighted by molar-refractivity contribution is 9.10. The molecule has 0 radical (unpaired) electrons. The summed E-state index contributed by atoms with van der Waals surface area (Å²) in [6.07, 6.45) is 0.960. The number of nitrogens with zero attached hydrogens (tertiary/aromatic N) is 2. The molecule has 2 heterocycles. The van der Waals surface area contributed by atoms with Crippen molar-refractivity contribution >= 4 is 66.5 Å². The Morgan fingerprint density at radius 1 is 1.38 bits per heavy atom. The molecule has 1 aromatic carbocycles. The number of hydrogen-bond donors (Lipinski definition) is 2. The Morgan fingerprint density at radius 2 is 2.19 bits per heavy atom. The molecule has 0 bridgehead atoms. The fraction of sp³-hybridized carbons (Fsp3) is 0.143. The first-order chi connectivity index (χ1) is 10.1. The van der Waals surface area contributed by atoms with Crippen LogP contribution in [0.4, 0.5) is 17.5 Å². The average molecular weight is 384 g/mol. The monoisotopic (exact) mass is 382 g/mol. The second-order valence-corrected chi connectivity index (χ2v) is 6.76. The number of nitrogens with two attached hydrogens (primary N) is 1. The molecule has 0 aliphatic carbocycles. The van der Waals surface area contributed by atoms with E-state index in [9.17, 15) is 0 Å². The third-order valence-corrected chi connectivity index (χ3v) is 5.59. The van der Waals surface area contributed by atoms with Crippen LogP contribution >= 0.6 is 38.9 Å². The molecule has 2 aromatic heterocycles. The first-order valence-corrected chi connectivity index (χ1v) is 8.34. The molecule has 0 saturated carbocycles. The van der Waals surface area contributed by atoms with E-state index in [1.807, 2.05) is 18.2 Å². The zero-order chi connectivity index (χ0) is 15.0. The van der Waals surface area contributed by atoms with Gasteiger partial charge in [-0.3, -0.25) is 0 Å². The zero-order valence-electron chi connectivity index (χ0n) is 11.2. The van der Waals surface area contributed by atoms with Gasteiger partial charge in [-0.15, -0.1) is 11.3 Å². The summed E-state index contributed by atoms with van der Waals surface area (Å²) in [6, 6.07) is 7.72. The molecule has 3 rings (SSSR count). The van der Waals surface area contributed by atoms with E-state index in [0.29, 0.717) is 10.8 Å². The number of anilines is 3. The Kier molecular flexibility index (Phi) is 4.01. The molecule has 0 atom stereocenters. The molecule has 0 fully saturated rings. The number of nitrogen functional groups attached to an aromatic ring is 1. The van der Waals surface area contributed by atoms with Crippen molar-refractivity contribution in [3.63, 3.8) is 0 Å². The second kappa shape index (κ2) is 5.79. The van der Waals surface area contributed by atoms with Crippen molar-refractivity contribution in [2.45, 2.75) is 13.3 Å². The summed E-state index contributed by atoms with van der Waals surface area (Å²) in [5.74, 6) is 0.948. The SMILES string of the molecule is CCc1cc2c(Nc3cccc(Cl)c3Br)nc(N)nc2s1. The minimum absolute atomic E-state index is 0.257. The molecule has 21 heavy (non-hydrogen) atoms. The van der Waals surface area contributed by atoms with E-state index in [1.54, 1.807) is 11.3 Å². The molecule has 4 nitrogen and oxygen atoms in total. The van der Waals surface area contributed by atoms with E-state index in [2.05, 4.69) is 44.2 Å². The van der Waals surface area contributed by atoms with Crippen LogP contribution in [0.25, 0.3) is 10.2 Å². The van der Waals surface area contributed by atoms with Crippen LogP contribution in [-0.2, 0) is 6.42 Å². The van der Waals surface area contributed by atoms with E-state index in [-0.39, 0.29) is 5.95 Å². The fourth-order valence-corrected chi connectivity index (χ4v) is 3.50. The molecule has 108 valence electrons. The maximum absolute atomic E-state index is 6.11. The molecule has 3 aromatic rings. The topological polar surface area (TPSA) is 63.8 Å². The van der Waals surface area contributed by atoms with Crippen molar-refractivity contribution in [3.05, 3.63) is 38.6 Å². The molecule has 3 N–H and O–H groups in total. The second-order valence-electron chi connectivity index (χ2n) is 4.44. The van der Waals surface area contributed by atoms with Gasteiger partial charge in [0.1, 0.15) is 10.6 Å². The fourth-order valence-electron chi connectivity index (χ4n) is 1.99.